The molecule has 0 aliphatic carbocycles. The van der Waals surface area contributed by atoms with E-state index >= 15 is 0 Å². The van der Waals surface area contributed by atoms with E-state index in [0.29, 0.717) is 12.4 Å². The molecule has 0 radical (unpaired) electrons. The summed E-state index contributed by atoms with van der Waals surface area (Å²) < 4.78 is 39.3. The Morgan fingerprint density at radius 3 is 2.83 bits per heavy atom. The fourth-order valence-electron chi connectivity index (χ4n) is 2.89. The molecule has 126 valence electrons. The van der Waals surface area contributed by atoms with Gasteiger partial charge in [0.25, 0.3) is 5.82 Å². The molecule has 6 nitrogen and oxygen atoms in total. The molecule has 3 rings (SSSR count). The van der Waals surface area contributed by atoms with Crippen molar-refractivity contribution in [2.75, 3.05) is 18.4 Å². The highest BCUT2D eigenvalue weighted by Crippen LogP contribution is 2.30. The molecular weight excluding hydrogens is 309 g/mol. The number of alkyl halides is 3. The Morgan fingerprint density at radius 1 is 1.35 bits per heavy atom. The summed E-state index contributed by atoms with van der Waals surface area (Å²) in [6, 6.07) is 3.31. The number of rotatable bonds is 3. The van der Waals surface area contributed by atoms with Gasteiger partial charge >= 0.3 is 6.18 Å². The number of aromatic nitrogens is 4. The van der Waals surface area contributed by atoms with Gasteiger partial charge in [0.05, 0.1) is 0 Å². The predicted molar refractivity (Wildman–Crippen MR) is 79.1 cm³/mol. The van der Waals surface area contributed by atoms with Crippen LogP contribution in [0.4, 0.5) is 19.0 Å². The maximum atomic E-state index is 12.9. The highest BCUT2D eigenvalue weighted by Gasteiger charge is 2.37. The third kappa shape index (κ3) is 3.24. The van der Waals surface area contributed by atoms with Crippen molar-refractivity contribution in [2.24, 2.45) is 5.41 Å². The second-order valence-corrected chi connectivity index (χ2v) is 6.49. The lowest BCUT2D eigenvalue weighted by atomic mass is 9.77. The molecule has 0 aromatic carbocycles. The van der Waals surface area contributed by atoms with Crippen LogP contribution in [0.15, 0.2) is 12.1 Å². The van der Waals surface area contributed by atoms with Crippen LogP contribution in [0.3, 0.4) is 0 Å². The van der Waals surface area contributed by atoms with Crippen LogP contribution in [0.5, 0.6) is 0 Å². The zero-order chi connectivity index (χ0) is 16.7. The van der Waals surface area contributed by atoms with Crippen molar-refractivity contribution in [3.8, 4) is 0 Å². The summed E-state index contributed by atoms with van der Waals surface area (Å²) in [6.07, 6.45) is -2.34. The fourth-order valence-corrected chi connectivity index (χ4v) is 2.89. The highest BCUT2D eigenvalue weighted by molar-refractivity contribution is 5.44. The van der Waals surface area contributed by atoms with Crippen LogP contribution < -0.4 is 10.6 Å². The highest BCUT2D eigenvalue weighted by atomic mass is 19.4. The molecule has 9 heteroatoms. The van der Waals surface area contributed by atoms with Crippen molar-refractivity contribution < 1.29 is 13.2 Å². The maximum absolute atomic E-state index is 12.9. The molecule has 0 saturated carbocycles. The van der Waals surface area contributed by atoms with Crippen molar-refractivity contribution in [1.29, 1.82) is 0 Å². The lowest BCUT2D eigenvalue weighted by Gasteiger charge is -2.39. The van der Waals surface area contributed by atoms with Crippen molar-refractivity contribution in [3.05, 3.63) is 18.0 Å². The summed E-state index contributed by atoms with van der Waals surface area (Å²) in [5.74, 6) is -0.752. The second kappa shape index (κ2) is 5.63. The smallest absolute Gasteiger partial charge is 0.367 e. The van der Waals surface area contributed by atoms with E-state index in [4.69, 9.17) is 0 Å². The summed E-state index contributed by atoms with van der Waals surface area (Å²) in [4.78, 5) is 0. The standard InChI is InChI=1S/C14H19F3N6/c1-13(2)6-3-7-18-9(13)8-19-10-4-5-11-20-21-12(14(15,16)17)23(11)22-10/h4-5,9,18H,3,6-8H2,1-2H3,(H,19,22). The van der Waals surface area contributed by atoms with E-state index < -0.39 is 12.0 Å². The largest absolute Gasteiger partial charge is 0.453 e. The number of fused-ring (bicyclic) bond motifs is 1. The van der Waals surface area contributed by atoms with E-state index in [1.807, 2.05) is 0 Å². The maximum Gasteiger partial charge on any atom is 0.453 e. The summed E-state index contributed by atoms with van der Waals surface area (Å²) in [7, 11) is 0. The first-order chi connectivity index (χ1) is 10.8. The number of nitrogens with zero attached hydrogens (tertiary/aromatic N) is 4. The van der Waals surface area contributed by atoms with Crippen molar-refractivity contribution in [3.63, 3.8) is 0 Å². The lowest BCUT2D eigenvalue weighted by Crippen LogP contribution is -2.50. The van der Waals surface area contributed by atoms with E-state index in [9.17, 15) is 13.2 Å². The van der Waals surface area contributed by atoms with E-state index in [-0.39, 0.29) is 17.1 Å². The molecule has 1 atom stereocenters. The minimum Gasteiger partial charge on any atom is -0.367 e. The molecule has 1 saturated heterocycles. The Balaban J connectivity index is 1.78. The summed E-state index contributed by atoms with van der Waals surface area (Å²) in [6.45, 7) is 5.91. The summed E-state index contributed by atoms with van der Waals surface area (Å²) in [5, 5.41) is 17.2. The number of halogens is 3. The molecule has 23 heavy (non-hydrogen) atoms. The van der Waals surface area contributed by atoms with Gasteiger partial charge in [0.1, 0.15) is 5.82 Å². The first-order valence-electron chi connectivity index (χ1n) is 7.54. The van der Waals surface area contributed by atoms with Crippen LogP contribution in [-0.4, -0.2) is 38.9 Å². The van der Waals surface area contributed by atoms with Crippen LogP contribution in [0, 0.1) is 5.41 Å². The quantitative estimate of drug-likeness (QED) is 0.905. The van der Waals surface area contributed by atoms with Gasteiger partial charge in [-0.3, -0.25) is 0 Å². The van der Waals surface area contributed by atoms with Crippen LogP contribution in [0.1, 0.15) is 32.5 Å². The average Bonchev–Trinajstić information content (AvgIpc) is 2.88. The van der Waals surface area contributed by atoms with Gasteiger partial charge in [0, 0.05) is 12.6 Å². The SMILES string of the molecule is CC1(C)CCCNC1CNc1ccc2nnc(C(F)(F)F)n2n1. The molecule has 1 unspecified atom stereocenters. The zero-order valence-electron chi connectivity index (χ0n) is 13.0. The van der Waals surface area contributed by atoms with E-state index in [1.54, 1.807) is 6.07 Å². The molecule has 3 heterocycles. The Kier molecular flexibility index (Phi) is 3.91. The van der Waals surface area contributed by atoms with Gasteiger partial charge in [0.15, 0.2) is 5.65 Å². The van der Waals surface area contributed by atoms with Gasteiger partial charge in [-0.1, -0.05) is 13.8 Å². The zero-order valence-corrected chi connectivity index (χ0v) is 13.0. The molecule has 1 aliphatic rings. The first kappa shape index (κ1) is 16.0. The minimum absolute atomic E-state index is 0.0685. The van der Waals surface area contributed by atoms with Gasteiger partial charge in [-0.15, -0.1) is 15.3 Å². The number of piperidine rings is 1. The van der Waals surface area contributed by atoms with Crippen LogP contribution in [-0.2, 0) is 6.18 Å². The molecule has 0 spiro atoms. The monoisotopic (exact) mass is 328 g/mol. The van der Waals surface area contributed by atoms with Gasteiger partial charge < -0.3 is 10.6 Å². The van der Waals surface area contributed by atoms with Crippen LogP contribution in [0.2, 0.25) is 0 Å². The van der Waals surface area contributed by atoms with Gasteiger partial charge in [-0.05, 0) is 36.9 Å². The molecule has 1 fully saturated rings. The molecule has 2 aromatic heterocycles. The van der Waals surface area contributed by atoms with Crippen molar-refractivity contribution >= 4 is 11.5 Å². The first-order valence-corrected chi connectivity index (χ1v) is 7.54. The molecule has 2 aromatic rings. The fraction of sp³-hybridized carbons (Fsp3) is 0.643. The third-order valence-electron chi connectivity index (χ3n) is 4.34. The van der Waals surface area contributed by atoms with Crippen molar-refractivity contribution in [1.82, 2.24) is 25.1 Å². The normalized spacial score (nSPS) is 21.5. The molecular formula is C14H19F3N6. The average molecular weight is 328 g/mol. The second-order valence-electron chi connectivity index (χ2n) is 6.49. The Bertz CT molecular complexity index is 693. The van der Waals surface area contributed by atoms with Crippen molar-refractivity contribution in [2.45, 2.75) is 38.9 Å². The number of nitrogens with one attached hydrogen (secondary N) is 2. The van der Waals surface area contributed by atoms with E-state index in [0.717, 1.165) is 23.9 Å². The number of hydrogen-bond donors (Lipinski definition) is 2. The third-order valence-corrected chi connectivity index (χ3v) is 4.34. The van der Waals surface area contributed by atoms with Gasteiger partial charge in [-0.25, -0.2) is 0 Å². The van der Waals surface area contributed by atoms with Crippen LogP contribution >= 0.6 is 0 Å². The predicted octanol–water partition coefficient (Wildman–Crippen LogP) is 2.33. The molecule has 0 bridgehead atoms. The molecule has 2 N–H and O–H groups in total. The van der Waals surface area contributed by atoms with Crippen LogP contribution in [0.25, 0.3) is 5.65 Å². The van der Waals surface area contributed by atoms with E-state index in [1.165, 1.54) is 6.07 Å². The number of anilines is 1. The van der Waals surface area contributed by atoms with E-state index in [2.05, 4.69) is 39.8 Å². The summed E-state index contributed by atoms with van der Waals surface area (Å²) >= 11 is 0. The van der Waals surface area contributed by atoms with Gasteiger partial charge in [-0.2, -0.15) is 17.7 Å². The Morgan fingerprint density at radius 2 is 2.13 bits per heavy atom. The number of hydrogen-bond acceptors (Lipinski definition) is 5. The minimum atomic E-state index is -4.59. The Labute approximate surface area is 131 Å². The topological polar surface area (TPSA) is 67.1 Å². The summed E-state index contributed by atoms with van der Waals surface area (Å²) in [5.41, 5.74) is 0.197. The molecule has 1 aliphatic heterocycles. The Hall–Kier alpha value is -1.90. The molecule has 0 amide bonds. The van der Waals surface area contributed by atoms with Gasteiger partial charge in [0.2, 0.25) is 0 Å². The lowest BCUT2D eigenvalue weighted by molar-refractivity contribution is -0.146.